The molecule has 18 heavy (non-hydrogen) atoms. The van der Waals surface area contributed by atoms with Gasteiger partial charge < -0.3 is 10.1 Å². The van der Waals surface area contributed by atoms with Gasteiger partial charge in [0.15, 0.2) is 0 Å². The van der Waals surface area contributed by atoms with Gasteiger partial charge in [0.05, 0.1) is 6.61 Å². The normalized spacial score (nSPS) is 20.7. The average molecular weight is 269 g/mol. The molecular weight excluding hydrogens is 248 g/mol. The predicted octanol–water partition coefficient (Wildman–Crippen LogP) is 2.01. The van der Waals surface area contributed by atoms with Gasteiger partial charge in [-0.05, 0) is 24.1 Å². The Morgan fingerprint density at radius 1 is 1.28 bits per heavy atom. The summed E-state index contributed by atoms with van der Waals surface area (Å²) in [7, 11) is 0. The van der Waals surface area contributed by atoms with Crippen LogP contribution in [0.25, 0.3) is 0 Å². The van der Waals surface area contributed by atoms with E-state index in [0.29, 0.717) is 6.04 Å². The Morgan fingerprint density at radius 3 is 2.83 bits per heavy atom. The van der Waals surface area contributed by atoms with Gasteiger partial charge in [-0.1, -0.05) is 12.1 Å². The van der Waals surface area contributed by atoms with Crippen molar-refractivity contribution in [3.8, 4) is 5.75 Å². The number of hydrogen-bond donors (Lipinski definition) is 1. The zero-order valence-electron chi connectivity index (χ0n) is 10.8. The Labute approximate surface area is 115 Å². The molecule has 0 bridgehead atoms. The van der Waals surface area contributed by atoms with Crippen LogP contribution in [0.5, 0.6) is 5.75 Å². The Balaban J connectivity index is 0.00000120. The van der Waals surface area contributed by atoms with Crippen LogP contribution in [-0.2, 0) is 6.42 Å². The lowest BCUT2D eigenvalue weighted by atomic mass is 10.0. The topological polar surface area (TPSA) is 24.5 Å². The van der Waals surface area contributed by atoms with Crippen LogP contribution in [0.2, 0.25) is 0 Å². The molecule has 100 valence electrons. The predicted molar refractivity (Wildman–Crippen MR) is 75.7 cm³/mol. The molecule has 4 heteroatoms. The van der Waals surface area contributed by atoms with Gasteiger partial charge in [0, 0.05) is 38.6 Å². The van der Waals surface area contributed by atoms with Crippen molar-refractivity contribution in [2.24, 2.45) is 0 Å². The van der Waals surface area contributed by atoms with E-state index >= 15 is 0 Å². The minimum absolute atomic E-state index is 0. The fourth-order valence-corrected chi connectivity index (χ4v) is 2.72. The van der Waals surface area contributed by atoms with Crippen LogP contribution in [0.1, 0.15) is 24.1 Å². The first kappa shape index (κ1) is 13.7. The first-order valence-electron chi connectivity index (χ1n) is 6.55. The molecule has 1 fully saturated rings. The average Bonchev–Trinajstić information content (AvgIpc) is 2.86. The number of halogens is 1. The Kier molecular flexibility index (Phi) is 4.49. The van der Waals surface area contributed by atoms with E-state index in [-0.39, 0.29) is 12.4 Å². The van der Waals surface area contributed by atoms with Crippen LogP contribution in [0, 0.1) is 0 Å². The van der Waals surface area contributed by atoms with Crippen LogP contribution < -0.4 is 10.1 Å². The van der Waals surface area contributed by atoms with E-state index in [1.807, 2.05) is 0 Å². The Hall–Kier alpha value is -0.770. The second kappa shape index (κ2) is 5.91. The highest BCUT2D eigenvalue weighted by molar-refractivity contribution is 5.85. The number of fused-ring (bicyclic) bond motifs is 1. The summed E-state index contributed by atoms with van der Waals surface area (Å²) in [4.78, 5) is 2.53. The van der Waals surface area contributed by atoms with Crippen molar-refractivity contribution in [2.45, 2.75) is 19.4 Å². The van der Waals surface area contributed by atoms with Crippen molar-refractivity contribution in [2.75, 3.05) is 32.8 Å². The minimum atomic E-state index is 0. The largest absolute Gasteiger partial charge is 0.493 e. The van der Waals surface area contributed by atoms with E-state index in [2.05, 4.69) is 35.3 Å². The lowest BCUT2D eigenvalue weighted by Crippen LogP contribution is -2.44. The molecule has 0 saturated carbocycles. The number of hydrogen-bond acceptors (Lipinski definition) is 3. The van der Waals surface area contributed by atoms with Gasteiger partial charge in [-0.25, -0.2) is 0 Å². The van der Waals surface area contributed by atoms with Crippen LogP contribution in [0.15, 0.2) is 18.2 Å². The molecular formula is C14H21ClN2O. The summed E-state index contributed by atoms with van der Waals surface area (Å²) in [6.45, 7) is 7.62. The van der Waals surface area contributed by atoms with E-state index in [9.17, 15) is 0 Å². The molecule has 2 heterocycles. The van der Waals surface area contributed by atoms with Crippen molar-refractivity contribution >= 4 is 12.4 Å². The van der Waals surface area contributed by atoms with E-state index in [1.165, 1.54) is 11.1 Å². The van der Waals surface area contributed by atoms with Gasteiger partial charge in [0.25, 0.3) is 0 Å². The van der Waals surface area contributed by atoms with Crippen molar-refractivity contribution < 1.29 is 4.74 Å². The van der Waals surface area contributed by atoms with E-state index < -0.39 is 0 Å². The number of rotatable bonds is 2. The van der Waals surface area contributed by atoms with Crippen molar-refractivity contribution in [3.05, 3.63) is 29.3 Å². The van der Waals surface area contributed by atoms with Crippen LogP contribution in [-0.4, -0.2) is 37.7 Å². The van der Waals surface area contributed by atoms with Gasteiger partial charge in [0.1, 0.15) is 5.75 Å². The molecule has 2 aliphatic rings. The van der Waals surface area contributed by atoms with E-state index in [4.69, 9.17) is 4.74 Å². The molecule has 1 aromatic rings. The van der Waals surface area contributed by atoms with Gasteiger partial charge in [0.2, 0.25) is 0 Å². The van der Waals surface area contributed by atoms with Gasteiger partial charge in [-0.15, -0.1) is 12.4 Å². The first-order valence-corrected chi connectivity index (χ1v) is 6.55. The summed E-state index contributed by atoms with van der Waals surface area (Å²) in [6, 6.07) is 7.22. The molecule has 1 atom stereocenters. The Morgan fingerprint density at radius 2 is 2.06 bits per heavy atom. The highest BCUT2D eigenvalue weighted by Crippen LogP contribution is 2.30. The monoisotopic (exact) mass is 268 g/mol. The number of ether oxygens (including phenoxy) is 1. The summed E-state index contributed by atoms with van der Waals surface area (Å²) in [5, 5.41) is 3.40. The third kappa shape index (κ3) is 2.63. The molecule has 1 N–H and O–H groups in total. The van der Waals surface area contributed by atoms with Crippen molar-refractivity contribution in [3.63, 3.8) is 0 Å². The van der Waals surface area contributed by atoms with Gasteiger partial charge in [-0.2, -0.15) is 0 Å². The zero-order valence-corrected chi connectivity index (χ0v) is 11.6. The fraction of sp³-hybridized carbons (Fsp3) is 0.571. The second-order valence-electron chi connectivity index (χ2n) is 4.93. The fourth-order valence-electron chi connectivity index (χ4n) is 2.72. The van der Waals surface area contributed by atoms with Crippen LogP contribution in [0.4, 0.5) is 0 Å². The molecule has 3 rings (SSSR count). The standard InChI is InChI=1S/C14H20N2O.ClH/c1-11(16-7-5-15-6-8-16)13-3-2-12-4-9-17-14(12)10-13;/h2-3,10-11,15H,4-9H2,1H3;1H. The third-order valence-corrected chi connectivity index (χ3v) is 3.90. The lowest BCUT2D eigenvalue weighted by Gasteiger charge is -2.33. The van der Waals surface area contributed by atoms with E-state index in [0.717, 1.165) is 45.0 Å². The van der Waals surface area contributed by atoms with Gasteiger partial charge in [-0.3, -0.25) is 4.90 Å². The molecule has 1 saturated heterocycles. The summed E-state index contributed by atoms with van der Waals surface area (Å²) < 4.78 is 5.65. The van der Waals surface area contributed by atoms with Gasteiger partial charge >= 0.3 is 0 Å². The van der Waals surface area contributed by atoms with Crippen LogP contribution >= 0.6 is 12.4 Å². The summed E-state index contributed by atoms with van der Waals surface area (Å²) >= 11 is 0. The highest BCUT2D eigenvalue weighted by Gasteiger charge is 2.20. The molecule has 1 unspecified atom stereocenters. The summed E-state index contributed by atoms with van der Waals surface area (Å²) in [5.41, 5.74) is 2.74. The van der Waals surface area contributed by atoms with E-state index in [1.54, 1.807) is 0 Å². The summed E-state index contributed by atoms with van der Waals surface area (Å²) in [5.74, 6) is 1.10. The lowest BCUT2D eigenvalue weighted by molar-refractivity contribution is 0.185. The number of benzene rings is 1. The molecule has 0 radical (unpaired) electrons. The first-order chi connectivity index (χ1) is 8.34. The second-order valence-corrected chi connectivity index (χ2v) is 4.93. The number of nitrogens with zero attached hydrogens (tertiary/aromatic N) is 1. The van der Waals surface area contributed by atoms with Crippen LogP contribution in [0.3, 0.4) is 0 Å². The van der Waals surface area contributed by atoms with Crippen molar-refractivity contribution in [1.29, 1.82) is 0 Å². The van der Waals surface area contributed by atoms with Crippen molar-refractivity contribution in [1.82, 2.24) is 10.2 Å². The molecule has 1 aromatic carbocycles. The molecule has 0 aromatic heterocycles. The SMILES string of the molecule is CC(c1ccc2c(c1)OCC2)N1CCNCC1.Cl. The maximum atomic E-state index is 5.65. The Bertz CT molecular complexity index is 405. The minimum Gasteiger partial charge on any atom is -0.493 e. The zero-order chi connectivity index (χ0) is 11.7. The molecule has 0 aliphatic carbocycles. The summed E-state index contributed by atoms with van der Waals surface area (Å²) in [6.07, 6.45) is 1.07. The molecule has 0 spiro atoms. The smallest absolute Gasteiger partial charge is 0.122 e. The molecule has 3 nitrogen and oxygen atoms in total. The quantitative estimate of drug-likeness (QED) is 0.888. The highest BCUT2D eigenvalue weighted by atomic mass is 35.5. The number of piperazine rings is 1. The molecule has 0 amide bonds. The third-order valence-electron chi connectivity index (χ3n) is 3.90. The number of nitrogens with one attached hydrogen (secondary N) is 1. The maximum absolute atomic E-state index is 5.65. The molecule has 2 aliphatic heterocycles. The maximum Gasteiger partial charge on any atom is 0.122 e.